The van der Waals surface area contributed by atoms with Crippen LogP contribution in [-0.2, 0) is 0 Å². The van der Waals surface area contributed by atoms with Gasteiger partial charge in [-0.1, -0.05) is 29.8 Å². The second kappa shape index (κ2) is 5.03. The zero-order chi connectivity index (χ0) is 13.1. The number of H-pyrrole nitrogens is 1. The summed E-state index contributed by atoms with van der Waals surface area (Å²) in [5.74, 6) is 0.561. The van der Waals surface area contributed by atoms with Gasteiger partial charge in [-0.3, -0.25) is 5.43 Å². The van der Waals surface area contributed by atoms with E-state index >= 15 is 0 Å². The second-order valence-corrected chi connectivity index (χ2v) is 4.12. The highest BCUT2D eigenvalue weighted by atomic mass is 35.5. The summed E-state index contributed by atoms with van der Waals surface area (Å²) in [6, 6.07) is 7.44. The van der Waals surface area contributed by atoms with Gasteiger partial charge < -0.3 is 4.98 Å². The molecule has 7 heteroatoms. The number of hydrazone groups is 1. The van der Waals surface area contributed by atoms with Crippen LogP contribution in [0.15, 0.2) is 42.0 Å². The van der Waals surface area contributed by atoms with Gasteiger partial charge in [-0.25, -0.2) is 15.0 Å². The number of halogens is 1. The first-order valence-corrected chi connectivity index (χ1v) is 5.90. The lowest BCUT2D eigenvalue weighted by Crippen LogP contribution is -1.95. The van der Waals surface area contributed by atoms with Gasteiger partial charge in [0.1, 0.15) is 11.8 Å². The summed E-state index contributed by atoms with van der Waals surface area (Å²) in [6.07, 6.45) is 4.62. The molecule has 1 aromatic carbocycles. The maximum Gasteiger partial charge on any atom is 0.182 e. The zero-order valence-corrected chi connectivity index (χ0v) is 10.5. The van der Waals surface area contributed by atoms with Gasteiger partial charge in [0.15, 0.2) is 11.5 Å². The summed E-state index contributed by atoms with van der Waals surface area (Å²) in [5, 5.41) is 4.75. The van der Waals surface area contributed by atoms with Crippen molar-refractivity contribution in [2.75, 3.05) is 5.43 Å². The van der Waals surface area contributed by atoms with Crippen molar-refractivity contribution in [1.82, 2.24) is 19.9 Å². The summed E-state index contributed by atoms with van der Waals surface area (Å²) < 4.78 is 0. The molecule has 94 valence electrons. The largest absolute Gasteiger partial charge is 0.340 e. The van der Waals surface area contributed by atoms with E-state index in [4.69, 9.17) is 11.6 Å². The molecule has 2 heterocycles. The van der Waals surface area contributed by atoms with E-state index in [9.17, 15) is 0 Å². The number of hydrogen-bond donors (Lipinski definition) is 2. The number of anilines is 1. The highest BCUT2D eigenvalue weighted by Crippen LogP contribution is 2.15. The predicted octanol–water partition coefficient (Wildman–Crippen LogP) is 2.45. The van der Waals surface area contributed by atoms with Crippen LogP contribution in [0.4, 0.5) is 5.82 Å². The van der Waals surface area contributed by atoms with Crippen molar-refractivity contribution in [3.8, 4) is 0 Å². The minimum atomic E-state index is 0.561. The quantitative estimate of drug-likeness (QED) is 0.567. The van der Waals surface area contributed by atoms with E-state index in [0.717, 1.165) is 5.56 Å². The van der Waals surface area contributed by atoms with E-state index in [1.54, 1.807) is 18.6 Å². The average Bonchev–Trinajstić information content (AvgIpc) is 2.90. The molecule has 0 aliphatic carbocycles. The molecule has 19 heavy (non-hydrogen) atoms. The first kappa shape index (κ1) is 11.6. The maximum absolute atomic E-state index is 6.02. The van der Waals surface area contributed by atoms with Gasteiger partial charge in [0.2, 0.25) is 0 Å². The lowest BCUT2D eigenvalue weighted by atomic mass is 10.2. The molecule has 0 aliphatic rings. The number of rotatable bonds is 3. The van der Waals surface area contributed by atoms with Crippen LogP contribution in [-0.4, -0.2) is 26.2 Å². The van der Waals surface area contributed by atoms with Gasteiger partial charge in [-0.2, -0.15) is 5.10 Å². The fourth-order valence-corrected chi connectivity index (χ4v) is 1.78. The molecule has 0 aliphatic heterocycles. The van der Waals surface area contributed by atoms with Crippen LogP contribution in [0.3, 0.4) is 0 Å². The third-order valence-corrected chi connectivity index (χ3v) is 2.85. The summed E-state index contributed by atoms with van der Waals surface area (Å²) in [6.45, 7) is 0. The maximum atomic E-state index is 6.02. The lowest BCUT2D eigenvalue weighted by molar-refractivity contribution is 1.17. The third-order valence-electron chi connectivity index (χ3n) is 2.50. The molecule has 0 amide bonds. The summed E-state index contributed by atoms with van der Waals surface area (Å²) in [7, 11) is 0. The van der Waals surface area contributed by atoms with E-state index in [1.807, 2.05) is 18.2 Å². The summed E-state index contributed by atoms with van der Waals surface area (Å²) in [5.41, 5.74) is 4.96. The van der Waals surface area contributed by atoms with Gasteiger partial charge in [-0.15, -0.1) is 0 Å². The minimum absolute atomic E-state index is 0.561. The van der Waals surface area contributed by atoms with Crippen LogP contribution in [0.2, 0.25) is 5.02 Å². The molecular formula is C12H9ClN6. The highest BCUT2D eigenvalue weighted by Gasteiger charge is 2.03. The predicted molar refractivity (Wildman–Crippen MR) is 74.4 cm³/mol. The zero-order valence-electron chi connectivity index (χ0n) is 9.71. The van der Waals surface area contributed by atoms with E-state index in [-0.39, 0.29) is 0 Å². The standard InChI is InChI=1S/C12H9ClN6/c13-9-4-2-1-3-8(9)5-18-19-12-10-11(15-6-14-10)16-7-17-12/h1-7H,(H2,14,15,16,17,19). The fourth-order valence-electron chi connectivity index (χ4n) is 1.59. The van der Waals surface area contributed by atoms with Gasteiger partial charge in [0, 0.05) is 10.6 Å². The van der Waals surface area contributed by atoms with E-state index in [2.05, 4.69) is 30.5 Å². The number of nitrogens with zero attached hydrogens (tertiary/aromatic N) is 4. The Kier molecular flexibility index (Phi) is 3.07. The molecule has 3 aromatic rings. The number of aromatic amines is 1. The van der Waals surface area contributed by atoms with Gasteiger partial charge in [0.25, 0.3) is 0 Å². The fraction of sp³-hybridized carbons (Fsp3) is 0. The Labute approximate surface area is 113 Å². The molecule has 0 unspecified atom stereocenters. The number of aromatic nitrogens is 4. The van der Waals surface area contributed by atoms with Crippen molar-refractivity contribution in [3.63, 3.8) is 0 Å². The lowest BCUT2D eigenvalue weighted by Gasteiger charge is -2.00. The minimum Gasteiger partial charge on any atom is -0.340 e. The van der Waals surface area contributed by atoms with Crippen molar-refractivity contribution >= 4 is 34.8 Å². The topological polar surface area (TPSA) is 78.8 Å². The molecule has 0 saturated heterocycles. The smallest absolute Gasteiger partial charge is 0.182 e. The Balaban J connectivity index is 1.83. The summed E-state index contributed by atoms with van der Waals surface area (Å²) >= 11 is 6.02. The third kappa shape index (κ3) is 2.38. The normalized spacial score (nSPS) is 11.2. The van der Waals surface area contributed by atoms with Crippen LogP contribution in [0.5, 0.6) is 0 Å². The number of nitrogens with one attached hydrogen (secondary N) is 2. The van der Waals surface area contributed by atoms with Crippen molar-refractivity contribution in [3.05, 3.63) is 47.5 Å². The molecule has 2 aromatic heterocycles. The molecule has 0 radical (unpaired) electrons. The molecule has 2 N–H and O–H groups in total. The van der Waals surface area contributed by atoms with Crippen molar-refractivity contribution < 1.29 is 0 Å². The Bertz CT molecular complexity index is 736. The van der Waals surface area contributed by atoms with Crippen LogP contribution in [0.1, 0.15) is 5.56 Å². The highest BCUT2D eigenvalue weighted by molar-refractivity contribution is 6.33. The van der Waals surface area contributed by atoms with Crippen molar-refractivity contribution in [2.45, 2.75) is 0 Å². The van der Waals surface area contributed by atoms with Crippen LogP contribution in [0, 0.1) is 0 Å². The number of imidazole rings is 1. The Morgan fingerprint density at radius 3 is 3.00 bits per heavy atom. The average molecular weight is 273 g/mol. The van der Waals surface area contributed by atoms with Gasteiger partial charge >= 0.3 is 0 Å². The molecule has 0 fully saturated rings. The summed E-state index contributed by atoms with van der Waals surface area (Å²) in [4.78, 5) is 15.1. The van der Waals surface area contributed by atoms with Crippen molar-refractivity contribution in [1.29, 1.82) is 0 Å². The molecule has 0 saturated carbocycles. The number of fused-ring (bicyclic) bond motifs is 1. The Hall–Kier alpha value is -2.47. The van der Waals surface area contributed by atoms with E-state index in [1.165, 1.54) is 6.33 Å². The first-order valence-electron chi connectivity index (χ1n) is 5.52. The molecule has 0 bridgehead atoms. The van der Waals surface area contributed by atoms with E-state index < -0.39 is 0 Å². The Morgan fingerprint density at radius 1 is 1.21 bits per heavy atom. The molecule has 0 atom stereocenters. The number of hydrogen-bond acceptors (Lipinski definition) is 5. The van der Waals surface area contributed by atoms with Crippen molar-refractivity contribution in [2.24, 2.45) is 5.10 Å². The second-order valence-electron chi connectivity index (χ2n) is 3.71. The van der Waals surface area contributed by atoms with Crippen LogP contribution >= 0.6 is 11.6 Å². The van der Waals surface area contributed by atoms with Crippen LogP contribution in [0.25, 0.3) is 11.2 Å². The SMILES string of the molecule is Clc1ccccc1C=NNc1ncnc2nc[nH]c12. The number of benzene rings is 1. The molecule has 0 spiro atoms. The van der Waals surface area contributed by atoms with E-state index in [0.29, 0.717) is 22.0 Å². The first-order chi connectivity index (χ1) is 9.34. The molecule has 6 nitrogen and oxygen atoms in total. The van der Waals surface area contributed by atoms with Gasteiger partial charge in [0.05, 0.1) is 12.5 Å². The molecular weight excluding hydrogens is 264 g/mol. The van der Waals surface area contributed by atoms with Gasteiger partial charge in [-0.05, 0) is 6.07 Å². The molecule has 3 rings (SSSR count). The monoisotopic (exact) mass is 272 g/mol. The Morgan fingerprint density at radius 2 is 2.11 bits per heavy atom. The van der Waals surface area contributed by atoms with Crippen LogP contribution < -0.4 is 5.43 Å².